The largest absolute Gasteiger partial charge is 0.395 e. The lowest BCUT2D eigenvalue weighted by molar-refractivity contribution is 0.141. The summed E-state index contributed by atoms with van der Waals surface area (Å²) in [6.45, 7) is 3.69. The summed E-state index contributed by atoms with van der Waals surface area (Å²) >= 11 is 0. The molecule has 1 N–H and O–H groups in total. The summed E-state index contributed by atoms with van der Waals surface area (Å²) < 4.78 is 5.03. The Morgan fingerprint density at radius 1 is 1.64 bits per heavy atom. The first-order chi connectivity index (χ1) is 6.79. The molecule has 1 atom stereocenters. The number of aliphatic hydroxyl groups excluding tert-OH is 1. The van der Waals surface area contributed by atoms with Crippen molar-refractivity contribution in [3.05, 3.63) is 11.7 Å². The molecule has 5 heteroatoms. The van der Waals surface area contributed by atoms with E-state index in [0.717, 1.165) is 19.4 Å². The second-order valence-corrected chi connectivity index (χ2v) is 3.68. The Labute approximate surface area is 82.7 Å². The first kappa shape index (κ1) is 9.61. The standard InChI is InChI=1S/C9H15N3O2/c1-7-10-9(14-11-7)5-12-4-2-3-8(12)6-13/h8,13H,2-6H2,1H3/t8-/m1/s1. The third-order valence-corrected chi connectivity index (χ3v) is 2.62. The van der Waals surface area contributed by atoms with Crippen molar-refractivity contribution in [2.24, 2.45) is 0 Å². The van der Waals surface area contributed by atoms with Gasteiger partial charge in [-0.2, -0.15) is 4.98 Å². The Balaban J connectivity index is 1.96. The molecule has 1 aliphatic rings. The third kappa shape index (κ3) is 1.93. The van der Waals surface area contributed by atoms with Crippen LogP contribution < -0.4 is 0 Å². The van der Waals surface area contributed by atoms with Crippen LogP contribution in [-0.2, 0) is 6.54 Å². The Morgan fingerprint density at radius 3 is 3.14 bits per heavy atom. The van der Waals surface area contributed by atoms with E-state index in [1.165, 1.54) is 0 Å². The SMILES string of the molecule is Cc1noc(CN2CCC[C@@H]2CO)n1. The number of likely N-dealkylation sites (tertiary alicyclic amines) is 1. The number of aryl methyl sites for hydroxylation is 1. The molecule has 2 heterocycles. The van der Waals surface area contributed by atoms with Gasteiger partial charge in [0, 0.05) is 6.04 Å². The summed E-state index contributed by atoms with van der Waals surface area (Å²) in [6, 6.07) is 0.266. The second kappa shape index (κ2) is 4.06. The Hall–Kier alpha value is -0.940. The van der Waals surface area contributed by atoms with Gasteiger partial charge in [0.05, 0.1) is 13.2 Å². The van der Waals surface area contributed by atoms with E-state index in [4.69, 9.17) is 9.63 Å². The highest BCUT2D eigenvalue weighted by molar-refractivity contribution is 4.86. The molecule has 0 aromatic carbocycles. The fourth-order valence-electron chi connectivity index (χ4n) is 1.89. The van der Waals surface area contributed by atoms with E-state index in [-0.39, 0.29) is 12.6 Å². The molecule has 14 heavy (non-hydrogen) atoms. The zero-order chi connectivity index (χ0) is 9.97. The molecule has 0 spiro atoms. The zero-order valence-corrected chi connectivity index (χ0v) is 8.31. The van der Waals surface area contributed by atoms with E-state index in [1.807, 2.05) is 0 Å². The van der Waals surface area contributed by atoms with Gasteiger partial charge in [0.25, 0.3) is 0 Å². The lowest BCUT2D eigenvalue weighted by Crippen LogP contribution is -2.31. The molecular weight excluding hydrogens is 182 g/mol. The zero-order valence-electron chi connectivity index (χ0n) is 8.31. The number of aromatic nitrogens is 2. The van der Waals surface area contributed by atoms with E-state index in [1.54, 1.807) is 6.92 Å². The first-order valence-corrected chi connectivity index (χ1v) is 4.93. The van der Waals surface area contributed by atoms with Crippen molar-refractivity contribution in [3.63, 3.8) is 0 Å². The fraction of sp³-hybridized carbons (Fsp3) is 0.778. The highest BCUT2D eigenvalue weighted by Crippen LogP contribution is 2.18. The van der Waals surface area contributed by atoms with Gasteiger partial charge >= 0.3 is 0 Å². The fourth-order valence-corrected chi connectivity index (χ4v) is 1.89. The molecule has 5 nitrogen and oxygen atoms in total. The molecule has 1 fully saturated rings. The average Bonchev–Trinajstić information content (AvgIpc) is 2.76. The van der Waals surface area contributed by atoms with Gasteiger partial charge in [-0.25, -0.2) is 0 Å². The molecule has 0 saturated carbocycles. The van der Waals surface area contributed by atoms with Crippen LogP contribution in [0.3, 0.4) is 0 Å². The normalized spacial score (nSPS) is 23.1. The molecule has 0 unspecified atom stereocenters. The molecule has 1 aromatic rings. The first-order valence-electron chi connectivity index (χ1n) is 4.93. The molecular formula is C9H15N3O2. The third-order valence-electron chi connectivity index (χ3n) is 2.62. The van der Waals surface area contributed by atoms with Gasteiger partial charge in [0.15, 0.2) is 5.82 Å². The average molecular weight is 197 g/mol. The number of nitrogens with zero attached hydrogens (tertiary/aromatic N) is 3. The summed E-state index contributed by atoms with van der Waals surface area (Å²) in [7, 11) is 0. The summed E-state index contributed by atoms with van der Waals surface area (Å²) in [5.41, 5.74) is 0. The quantitative estimate of drug-likeness (QED) is 0.756. The minimum Gasteiger partial charge on any atom is -0.395 e. The van der Waals surface area contributed by atoms with E-state index >= 15 is 0 Å². The molecule has 1 aliphatic heterocycles. The van der Waals surface area contributed by atoms with Crippen LogP contribution in [0.2, 0.25) is 0 Å². The monoisotopic (exact) mass is 197 g/mol. The van der Waals surface area contributed by atoms with Gasteiger partial charge in [-0.15, -0.1) is 0 Å². The topological polar surface area (TPSA) is 62.4 Å². The number of hydrogen-bond donors (Lipinski definition) is 1. The van der Waals surface area contributed by atoms with Gasteiger partial charge in [-0.1, -0.05) is 5.16 Å². The predicted octanol–water partition coefficient (Wildman–Crippen LogP) is 0.335. The maximum atomic E-state index is 9.11. The molecule has 2 rings (SSSR count). The van der Waals surface area contributed by atoms with Crippen LogP contribution in [0.5, 0.6) is 0 Å². The minimum atomic E-state index is 0.215. The molecule has 1 saturated heterocycles. The Kier molecular flexibility index (Phi) is 2.79. The molecule has 0 radical (unpaired) electrons. The van der Waals surface area contributed by atoms with E-state index in [2.05, 4.69) is 15.0 Å². The van der Waals surface area contributed by atoms with Crippen molar-refractivity contribution >= 4 is 0 Å². The summed E-state index contributed by atoms with van der Waals surface area (Å²) in [4.78, 5) is 6.33. The maximum Gasteiger partial charge on any atom is 0.240 e. The minimum absolute atomic E-state index is 0.215. The van der Waals surface area contributed by atoms with Crippen LogP contribution >= 0.6 is 0 Å². The van der Waals surface area contributed by atoms with Crippen LogP contribution in [0.4, 0.5) is 0 Å². The van der Waals surface area contributed by atoms with Crippen LogP contribution in [0.15, 0.2) is 4.52 Å². The van der Waals surface area contributed by atoms with Crippen molar-refractivity contribution in [1.82, 2.24) is 15.0 Å². The Bertz CT molecular complexity index is 300. The molecule has 0 bridgehead atoms. The predicted molar refractivity (Wildman–Crippen MR) is 49.6 cm³/mol. The van der Waals surface area contributed by atoms with Crippen LogP contribution in [0, 0.1) is 6.92 Å². The molecule has 78 valence electrons. The molecule has 0 aliphatic carbocycles. The second-order valence-electron chi connectivity index (χ2n) is 3.68. The summed E-state index contributed by atoms with van der Waals surface area (Å²) in [6.07, 6.45) is 2.20. The molecule has 1 aromatic heterocycles. The van der Waals surface area contributed by atoms with Crippen molar-refractivity contribution in [3.8, 4) is 0 Å². The smallest absolute Gasteiger partial charge is 0.240 e. The van der Waals surface area contributed by atoms with Gasteiger partial charge < -0.3 is 9.63 Å². The van der Waals surface area contributed by atoms with Gasteiger partial charge in [-0.05, 0) is 26.3 Å². The highest BCUT2D eigenvalue weighted by Gasteiger charge is 2.25. The van der Waals surface area contributed by atoms with Gasteiger partial charge in [0.1, 0.15) is 0 Å². The number of hydrogen-bond acceptors (Lipinski definition) is 5. The molecule has 0 amide bonds. The highest BCUT2D eigenvalue weighted by atomic mass is 16.5. The Morgan fingerprint density at radius 2 is 2.50 bits per heavy atom. The maximum absolute atomic E-state index is 9.11. The van der Waals surface area contributed by atoms with Crippen molar-refractivity contribution in [2.45, 2.75) is 32.4 Å². The summed E-state index contributed by atoms with van der Waals surface area (Å²) in [5, 5.41) is 12.8. The van der Waals surface area contributed by atoms with E-state index in [9.17, 15) is 0 Å². The lowest BCUT2D eigenvalue weighted by Gasteiger charge is -2.20. The van der Waals surface area contributed by atoms with E-state index < -0.39 is 0 Å². The summed E-state index contributed by atoms with van der Waals surface area (Å²) in [5.74, 6) is 1.31. The lowest BCUT2D eigenvalue weighted by atomic mass is 10.2. The van der Waals surface area contributed by atoms with E-state index in [0.29, 0.717) is 18.3 Å². The van der Waals surface area contributed by atoms with Gasteiger partial charge in [0.2, 0.25) is 5.89 Å². The van der Waals surface area contributed by atoms with Crippen LogP contribution in [-0.4, -0.2) is 39.3 Å². The van der Waals surface area contributed by atoms with Crippen LogP contribution in [0.1, 0.15) is 24.6 Å². The number of aliphatic hydroxyl groups is 1. The van der Waals surface area contributed by atoms with Gasteiger partial charge in [-0.3, -0.25) is 4.90 Å². The number of rotatable bonds is 3. The van der Waals surface area contributed by atoms with Crippen LogP contribution in [0.25, 0.3) is 0 Å². The van der Waals surface area contributed by atoms with Crippen molar-refractivity contribution in [2.75, 3.05) is 13.2 Å². The van der Waals surface area contributed by atoms with Crippen molar-refractivity contribution in [1.29, 1.82) is 0 Å². The van der Waals surface area contributed by atoms with Crippen molar-refractivity contribution < 1.29 is 9.63 Å².